The molecule has 0 aliphatic carbocycles. The van der Waals surface area contributed by atoms with E-state index in [1.807, 2.05) is 13.0 Å². The van der Waals surface area contributed by atoms with E-state index in [0.29, 0.717) is 0 Å². The number of hydrogen-bond acceptors (Lipinski definition) is 2. The molecule has 2 heteroatoms. The van der Waals surface area contributed by atoms with Gasteiger partial charge < -0.3 is 10.8 Å². The Morgan fingerprint density at radius 2 is 2.15 bits per heavy atom. The fourth-order valence-electron chi connectivity index (χ4n) is 1.11. The first-order chi connectivity index (χ1) is 6.15. The lowest BCUT2D eigenvalue weighted by molar-refractivity contribution is 0.475. The van der Waals surface area contributed by atoms with Gasteiger partial charge in [0.15, 0.2) is 0 Å². The number of hydrogen-bond donors (Lipinski definition) is 2. The lowest BCUT2D eigenvalue weighted by Gasteiger charge is -2.05. The maximum absolute atomic E-state index is 9.24. The standard InChI is InChI=1S/C11H15NO/c1-3-8(2)11(12)9-5-4-6-10(13)7-9/h4-7,13H,3,12H2,1-2H3/b11-8+. The van der Waals surface area contributed by atoms with Gasteiger partial charge in [-0.15, -0.1) is 0 Å². The summed E-state index contributed by atoms with van der Waals surface area (Å²) in [7, 11) is 0. The Morgan fingerprint density at radius 1 is 1.46 bits per heavy atom. The van der Waals surface area contributed by atoms with Crippen LogP contribution in [0.2, 0.25) is 0 Å². The molecule has 0 saturated carbocycles. The van der Waals surface area contributed by atoms with Crippen molar-refractivity contribution in [1.82, 2.24) is 0 Å². The summed E-state index contributed by atoms with van der Waals surface area (Å²) in [6.45, 7) is 4.06. The number of aromatic hydroxyl groups is 1. The van der Waals surface area contributed by atoms with Crippen molar-refractivity contribution in [2.45, 2.75) is 20.3 Å². The highest BCUT2D eigenvalue weighted by Gasteiger charge is 2.00. The van der Waals surface area contributed by atoms with Crippen LogP contribution in [0.15, 0.2) is 29.8 Å². The van der Waals surface area contributed by atoms with Crippen molar-refractivity contribution < 1.29 is 5.11 Å². The highest BCUT2D eigenvalue weighted by Crippen LogP contribution is 2.19. The summed E-state index contributed by atoms with van der Waals surface area (Å²) in [6, 6.07) is 7.00. The van der Waals surface area contributed by atoms with Crippen molar-refractivity contribution in [3.63, 3.8) is 0 Å². The molecule has 2 nitrogen and oxygen atoms in total. The molecule has 0 aliphatic rings. The number of benzene rings is 1. The van der Waals surface area contributed by atoms with Gasteiger partial charge >= 0.3 is 0 Å². The summed E-state index contributed by atoms with van der Waals surface area (Å²) in [5.41, 5.74) is 8.68. The van der Waals surface area contributed by atoms with E-state index in [2.05, 4.69) is 6.92 Å². The molecule has 1 rings (SSSR count). The van der Waals surface area contributed by atoms with Crippen molar-refractivity contribution in [3.05, 3.63) is 35.4 Å². The second-order valence-electron chi connectivity index (χ2n) is 3.10. The van der Waals surface area contributed by atoms with E-state index >= 15 is 0 Å². The van der Waals surface area contributed by atoms with E-state index in [1.54, 1.807) is 18.2 Å². The van der Waals surface area contributed by atoms with Crippen LogP contribution in [0, 0.1) is 0 Å². The maximum atomic E-state index is 9.24. The van der Waals surface area contributed by atoms with Crippen LogP contribution in [0.3, 0.4) is 0 Å². The Labute approximate surface area is 78.7 Å². The van der Waals surface area contributed by atoms with Crippen molar-refractivity contribution in [1.29, 1.82) is 0 Å². The van der Waals surface area contributed by atoms with Crippen molar-refractivity contribution in [2.24, 2.45) is 5.73 Å². The summed E-state index contributed by atoms with van der Waals surface area (Å²) < 4.78 is 0. The maximum Gasteiger partial charge on any atom is 0.116 e. The van der Waals surface area contributed by atoms with Gasteiger partial charge in [-0.1, -0.05) is 24.6 Å². The Bertz CT molecular complexity index is 329. The number of phenols is 1. The molecule has 0 atom stereocenters. The van der Waals surface area contributed by atoms with Crippen molar-refractivity contribution >= 4 is 5.70 Å². The van der Waals surface area contributed by atoms with Gasteiger partial charge in [-0.05, 0) is 25.5 Å². The molecule has 0 radical (unpaired) electrons. The second-order valence-corrected chi connectivity index (χ2v) is 3.10. The molecule has 0 unspecified atom stereocenters. The molecule has 0 spiro atoms. The van der Waals surface area contributed by atoms with Gasteiger partial charge in [-0.3, -0.25) is 0 Å². The number of nitrogens with two attached hydrogens (primary N) is 1. The Kier molecular flexibility index (Phi) is 2.96. The van der Waals surface area contributed by atoms with Gasteiger partial charge in [-0.2, -0.15) is 0 Å². The normalized spacial score (nSPS) is 12.5. The monoisotopic (exact) mass is 177 g/mol. The van der Waals surface area contributed by atoms with E-state index in [4.69, 9.17) is 5.73 Å². The average molecular weight is 177 g/mol. The van der Waals surface area contributed by atoms with Crippen LogP contribution in [0.1, 0.15) is 25.8 Å². The quantitative estimate of drug-likeness (QED) is 0.729. The van der Waals surface area contributed by atoms with Crippen LogP contribution in [0.5, 0.6) is 5.75 Å². The lowest BCUT2D eigenvalue weighted by atomic mass is 10.1. The summed E-state index contributed by atoms with van der Waals surface area (Å²) >= 11 is 0. The summed E-state index contributed by atoms with van der Waals surface area (Å²) in [5, 5.41) is 9.24. The van der Waals surface area contributed by atoms with Crippen LogP contribution >= 0.6 is 0 Å². The lowest BCUT2D eigenvalue weighted by Crippen LogP contribution is -1.99. The molecule has 0 bridgehead atoms. The van der Waals surface area contributed by atoms with Gasteiger partial charge in [0.2, 0.25) is 0 Å². The number of rotatable bonds is 2. The fraction of sp³-hybridized carbons (Fsp3) is 0.273. The van der Waals surface area contributed by atoms with Crippen LogP contribution in [0.25, 0.3) is 5.70 Å². The minimum Gasteiger partial charge on any atom is -0.508 e. The molecule has 0 aliphatic heterocycles. The molecular formula is C11H15NO. The third-order valence-electron chi connectivity index (χ3n) is 2.15. The van der Waals surface area contributed by atoms with Crippen LogP contribution in [-0.4, -0.2) is 5.11 Å². The van der Waals surface area contributed by atoms with Gasteiger partial charge in [0.25, 0.3) is 0 Å². The SMILES string of the molecule is CC/C(C)=C(/N)c1cccc(O)c1. The minimum atomic E-state index is 0.254. The summed E-state index contributed by atoms with van der Waals surface area (Å²) in [4.78, 5) is 0. The van der Waals surface area contributed by atoms with E-state index in [-0.39, 0.29) is 5.75 Å². The predicted molar refractivity (Wildman–Crippen MR) is 55.2 cm³/mol. The smallest absolute Gasteiger partial charge is 0.116 e. The molecule has 0 heterocycles. The summed E-state index contributed by atoms with van der Waals surface area (Å²) in [6.07, 6.45) is 0.932. The number of phenolic OH excluding ortho intramolecular Hbond substituents is 1. The third-order valence-corrected chi connectivity index (χ3v) is 2.15. The van der Waals surface area contributed by atoms with Crippen LogP contribution in [0.4, 0.5) is 0 Å². The van der Waals surface area contributed by atoms with Gasteiger partial charge in [0.1, 0.15) is 5.75 Å². The molecule has 70 valence electrons. The molecule has 0 fully saturated rings. The first-order valence-corrected chi connectivity index (χ1v) is 4.39. The van der Waals surface area contributed by atoms with E-state index < -0.39 is 0 Å². The first kappa shape index (κ1) is 9.65. The topological polar surface area (TPSA) is 46.2 Å². The Balaban J connectivity index is 3.08. The van der Waals surface area contributed by atoms with Gasteiger partial charge in [-0.25, -0.2) is 0 Å². The Hall–Kier alpha value is -1.44. The van der Waals surface area contributed by atoms with Crippen molar-refractivity contribution in [3.8, 4) is 5.75 Å². The van der Waals surface area contributed by atoms with E-state index in [1.165, 1.54) is 0 Å². The molecule has 0 aromatic heterocycles. The molecular weight excluding hydrogens is 162 g/mol. The van der Waals surface area contributed by atoms with Crippen molar-refractivity contribution in [2.75, 3.05) is 0 Å². The Morgan fingerprint density at radius 3 is 2.69 bits per heavy atom. The summed E-state index contributed by atoms with van der Waals surface area (Å²) in [5.74, 6) is 0.254. The largest absolute Gasteiger partial charge is 0.508 e. The zero-order valence-electron chi connectivity index (χ0n) is 8.04. The molecule has 0 amide bonds. The fourth-order valence-corrected chi connectivity index (χ4v) is 1.11. The van der Waals surface area contributed by atoms with Crippen LogP contribution in [-0.2, 0) is 0 Å². The minimum absolute atomic E-state index is 0.254. The second kappa shape index (κ2) is 3.99. The van der Waals surface area contributed by atoms with E-state index in [9.17, 15) is 5.11 Å². The first-order valence-electron chi connectivity index (χ1n) is 4.39. The average Bonchev–Trinajstić information content (AvgIpc) is 2.15. The highest BCUT2D eigenvalue weighted by atomic mass is 16.3. The van der Waals surface area contributed by atoms with E-state index in [0.717, 1.165) is 23.3 Å². The predicted octanol–water partition coefficient (Wildman–Crippen LogP) is 2.49. The molecule has 0 saturated heterocycles. The zero-order valence-corrected chi connectivity index (χ0v) is 8.04. The molecule has 3 N–H and O–H groups in total. The van der Waals surface area contributed by atoms with Crippen LogP contribution < -0.4 is 5.73 Å². The number of allylic oxidation sites excluding steroid dienone is 1. The molecule has 1 aromatic rings. The zero-order chi connectivity index (χ0) is 9.84. The van der Waals surface area contributed by atoms with Gasteiger partial charge in [0.05, 0.1) is 0 Å². The van der Waals surface area contributed by atoms with Gasteiger partial charge in [0, 0.05) is 11.3 Å². The third kappa shape index (κ3) is 2.25. The molecule has 13 heavy (non-hydrogen) atoms. The highest BCUT2D eigenvalue weighted by molar-refractivity contribution is 5.66. The molecule has 1 aromatic carbocycles.